The van der Waals surface area contributed by atoms with Crippen LogP contribution >= 0.6 is 0 Å². The number of amides is 1. The van der Waals surface area contributed by atoms with E-state index in [1.54, 1.807) is 7.11 Å². The Hall–Kier alpha value is -2.59. The first kappa shape index (κ1) is 18.2. The SMILES string of the molecule is COCCNC(=O)CC(CCc1ccccc1)c1c[nH]c2ccccc12. The summed E-state index contributed by atoms with van der Waals surface area (Å²) in [7, 11) is 1.64. The molecule has 136 valence electrons. The van der Waals surface area contributed by atoms with Gasteiger partial charge in [0.05, 0.1) is 6.61 Å². The average Bonchev–Trinajstić information content (AvgIpc) is 3.10. The molecule has 2 N–H and O–H groups in total. The average molecular weight is 350 g/mol. The van der Waals surface area contributed by atoms with Gasteiger partial charge in [-0.05, 0) is 36.0 Å². The Labute approximate surface area is 154 Å². The van der Waals surface area contributed by atoms with Crippen molar-refractivity contribution in [3.63, 3.8) is 0 Å². The summed E-state index contributed by atoms with van der Waals surface area (Å²) in [4.78, 5) is 15.7. The molecule has 0 fully saturated rings. The van der Waals surface area contributed by atoms with E-state index in [-0.39, 0.29) is 11.8 Å². The highest BCUT2D eigenvalue weighted by Gasteiger charge is 2.19. The Balaban J connectivity index is 1.75. The molecule has 3 rings (SSSR count). The Morgan fingerprint density at radius 1 is 1.12 bits per heavy atom. The fourth-order valence-corrected chi connectivity index (χ4v) is 3.37. The number of carbonyl (C=O) groups excluding carboxylic acids is 1. The van der Waals surface area contributed by atoms with Gasteiger partial charge >= 0.3 is 0 Å². The lowest BCUT2D eigenvalue weighted by Gasteiger charge is -2.17. The number of H-pyrrole nitrogens is 1. The van der Waals surface area contributed by atoms with Crippen molar-refractivity contribution >= 4 is 16.8 Å². The summed E-state index contributed by atoms with van der Waals surface area (Å²) < 4.78 is 5.01. The number of rotatable bonds is 9. The summed E-state index contributed by atoms with van der Waals surface area (Å²) in [5, 5.41) is 4.15. The first-order valence-corrected chi connectivity index (χ1v) is 9.13. The van der Waals surface area contributed by atoms with Gasteiger partial charge in [-0.15, -0.1) is 0 Å². The second-order valence-corrected chi connectivity index (χ2v) is 6.56. The van der Waals surface area contributed by atoms with Gasteiger partial charge in [0.15, 0.2) is 0 Å². The van der Waals surface area contributed by atoms with Crippen molar-refractivity contribution in [1.82, 2.24) is 10.3 Å². The third-order valence-electron chi connectivity index (χ3n) is 4.75. The molecule has 3 aromatic rings. The molecule has 1 amide bonds. The van der Waals surface area contributed by atoms with Crippen molar-refractivity contribution in [1.29, 1.82) is 0 Å². The van der Waals surface area contributed by atoms with E-state index >= 15 is 0 Å². The molecular weight excluding hydrogens is 324 g/mol. The minimum atomic E-state index is 0.0744. The van der Waals surface area contributed by atoms with E-state index in [9.17, 15) is 4.79 Å². The minimum Gasteiger partial charge on any atom is -0.383 e. The zero-order valence-corrected chi connectivity index (χ0v) is 15.2. The predicted octanol–water partition coefficient (Wildman–Crippen LogP) is 4.04. The second kappa shape index (κ2) is 9.20. The van der Waals surface area contributed by atoms with Crippen LogP contribution in [0.1, 0.15) is 29.9 Å². The molecule has 1 heterocycles. The zero-order valence-electron chi connectivity index (χ0n) is 15.2. The molecule has 0 saturated carbocycles. The molecule has 0 aliphatic rings. The molecule has 26 heavy (non-hydrogen) atoms. The molecule has 0 radical (unpaired) electrons. The Kier molecular flexibility index (Phi) is 6.45. The number of aryl methyl sites for hydroxylation is 1. The van der Waals surface area contributed by atoms with Gasteiger partial charge in [-0.25, -0.2) is 0 Å². The zero-order chi connectivity index (χ0) is 18.2. The number of nitrogens with one attached hydrogen (secondary N) is 2. The summed E-state index contributed by atoms with van der Waals surface area (Å²) in [6, 6.07) is 18.7. The fourth-order valence-electron chi connectivity index (χ4n) is 3.37. The van der Waals surface area contributed by atoms with Crippen LogP contribution in [-0.4, -0.2) is 31.2 Å². The van der Waals surface area contributed by atoms with Crippen LogP contribution in [0.15, 0.2) is 60.8 Å². The van der Waals surface area contributed by atoms with Crippen LogP contribution in [0.5, 0.6) is 0 Å². The van der Waals surface area contributed by atoms with Crippen molar-refractivity contribution in [3.05, 3.63) is 71.9 Å². The number of methoxy groups -OCH3 is 1. The highest BCUT2D eigenvalue weighted by atomic mass is 16.5. The third-order valence-corrected chi connectivity index (χ3v) is 4.75. The van der Waals surface area contributed by atoms with Crippen molar-refractivity contribution < 1.29 is 9.53 Å². The van der Waals surface area contributed by atoms with Gasteiger partial charge in [0.25, 0.3) is 0 Å². The quantitative estimate of drug-likeness (QED) is 0.572. The van der Waals surface area contributed by atoms with Crippen molar-refractivity contribution in [2.45, 2.75) is 25.2 Å². The molecule has 0 bridgehead atoms. The standard InChI is InChI=1S/C22H26N2O2/c1-26-14-13-23-22(25)15-18(12-11-17-7-3-2-4-8-17)20-16-24-21-10-6-5-9-19(20)21/h2-10,16,18,24H,11-15H2,1H3,(H,23,25). The molecule has 1 aromatic heterocycles. The normalized spacial score (nSPS) is 12.2. The van der Waals surface area contributed by atoms with Crippen LogP contribution in [-0.2, 0) is 16.0 Å². The van der Waals surface area contributed by atoms with Crippen LogP contribution in [0.4, 0.5) is 0 Å². The van der Waals surface area contributed by atoms with Crippen LogP contribution < -0.4 is 5.32 Å². The summed E-state index contributed by atoms with van der Waals surface area (Å²) >= 11 is 0. The molecule has 2 aromatic carbocycles. The van der Waals surface area contributed by atoms with E-state index in [0.717, 1.165) is 18.4 Å². The second-order valence-electron chi connectivity index (χ2n) is 6.56. The number of fused-ring (bicyclic) bond motifs is 1. The van der Waals surface area contributed by atoms with Gasteiger partial charge in [0, 0.05) is 37.2 Å². The van der Waals surface area contributed by atoms with E-state index in [4.69, 9.17) is 4.74 Å². The van der Waals surface area contributed by atoms with Gasteiger partial charge in [0.2, 0.25) is 5.91 Å². The maximum Gasteiger partial charge on any atom is 0.220 e. The Morgan fingerprint density at radius 3 is 2.69 bits per heavy atom. The van der Waals surface area contributed by atoms with Gasteiger partial charge in [-0.2, -0.15) is 0 Å². The number of para-hydroxylation sites is 1. The molecule has 4 heteroatoms. The smallest absolute Gasteiger partial charge is 0.220 e. The lowest BCUT2D eigenvalue weighted by molar-refractivity contribution is -0.121. The van der Waals surface area contributed by atoms with E-state index in [0.29, 0.717) is 19.6 Å². The molecule has 0 aliphatic carbocycles. The summed E-state index contributed by atoms with van der Waals surface area (Å²) in [6.45, 7) is 1.09. The molecular formula is C22H26N2O2. The van der Waals surface area contributed by atoms with Crippen LogP contribution in [0.25, 0.3) is 10.9 Å². The number of aromatic amines is 1. The maximum atomic E-state index is 12.4. The molecule has 0 aliphatic heterocycles. The van der Waals surface area contributed by atoms with Gasteiger partial charge in [-0.3, -0.25) is 4.79 Å². The monoisotopic (exact) mass is 350 g/mol. The Bertz CT molecular complexity index is 826. The molecule has 0 saturated heterocycles. The Morgan fingerprint density at radius 2 is 1.88 bits per heavy atom. The number of hydrogen-bond donors (Lipinski definition) is 2. The number of benzene rings is 2. The van der Waals surface area contributed by atoms with Crippen molar-refractivity contribution in [3.8, 4) is 0 Å². The first-order valence-electron chi connectivity index (χ1n) is 9.13. The molecule has 1 unspecified atom stereocenters. The van der Waals surface area contributed by atoms with Crippen molar-refractivity contribution in [2.24, 2.45) is 0 Å². The molecule has 1 atom stereocenters. The van der Waals surface area contributed by atoms with Gasteiger partial charge < -0.3 is 15.0 Å². The number of aromatic nitrogens is 1. The fraction of sp³-hybridized carbons (Fsp3) is 0.318. The minimum absolute atomic E-state index is 0.0744. The lowest BCUT2D eigenvalue weighted by Crippen LogP contribution is -2.28. The highest BCUT2D eigenvalue weighted by molar-refractivity contribution is 5.85. The summed E-state index contributed by atoms with van der Waals surface area (Å²) in [5.41, 5.74) is 3.64. The molecule has 4 nitrogen and oxygen atoms in total. The number of ether oxygens (including phenoxy) is 1. The van der Waals surface area contributed by atoms with Crippen LogP contribution in [0.2, 0.25) is 0 Å². The number of carbonyl (C=O) groups is 1. The predicted molar refractivity (Wildman–Crippen MR) is 105 cm³/mol. The van der Waals surface area contributed by atoms with E-state index < -0.39 is 0 Å². The first-order chi connectivity index (χ1) is 12.8. The van der Waals surface area contributed by atoms with Crippen LogP contribution in [0.3, 0.4) is 0 Å². The lowest BCUT2D eigenvalue weighted by atomic mass is 9.89. The molecule has 0 spiro atoms. The largest absolute Gasteiger partial charge is 0.383 e. The summed E-state index contributed by atoms with van der Waals surface area (Å²) in [5.74, 6) is 0.249. The van der Waals surface area contributed by atoms with E-state index in [1.165, 1.54) is 16.5 Å². The highest BCUT2D eigenvalue weighted by Crippen LogP contribution is 2.31. The van der Waals surface area contributed by atoms with Crippen molar-refractivity contribution in [2.75, 3.05) is 20.3 Å². The van der Waals surface area contributed by atoms with E-state index in [2.05, 4.69) is 52.9 Å². The third kappa shape index (κ3) is 4.73. The topological polar surface area (TPSA) is 54.1 Å². The maximum absolute atomic E-state index is 12.4. The number of hydrogen-bond acceptors (Lipinski definition) is 2. The summed E-state index contributed by atoms with van der Waals surface area (Å²) in [6.07, 6.45) is 4.43. The van der Waals surface area contributed by atoms with Gasteiger partial charge in [-0.1, -0.05) is 48.5 Å². The van der Waals surface area contributed by atoms with Crippen LogP contribution in [0, 0.1) is 0 Å². The van der Waals surface area contributed by atoms with Gasteiger partial charge in [0.1, 0.15) is 0 Å². The van der Waals surface area contributed by atoms with E-state index in [1.807, 2.05) is 18.2 Å².